The van der Waals surface area contributed by atoms with E-state index in [2.05, 4.69) is 0 Å². The second-order valence-corrected chi connectivity index (χ2v) is 2.76. The summed E-state index contributed by atoms with van der Waals surface area (Å²) in [6.45, 7) is 4.37. The molecule has 0 heterocycles. The third-order valence-corrected chi connectivity index (χ3v) is 1.68. The summed E-state index contributed by atoms with van der Waals surface area (Å²) in [5, 5.41) is 0.926. The molecule has 0 aliphatic heterocycles. The first kappa shape index (κ1) is 11.7. The van der Waals surface area contributed by atoms with Gasteiger partial charge in [0, 0.05) is 5.56 Å². The van der Waals surface area contributed by atoms with Crippen molar-refractivity contribution in [1.82, 2.24) is 5.23 Å². The maximum Gasteiger partial charge on any atom is 0.303 e. The third-order valence-electron chi connectivity index (χ3n) is 1.68. The van der Waals surface area contributed by atoms with E-state index in [1.807, 2.05) is 6.07 Å². The first-order valence-corrected chi connectivity index (χ1v) is 4.95. The van der Waals surface area contributed by atoms with Crippen molar-refractivity contribution in [2.75, 3.05) is 13.2 Å². The summed E-state index contributed by atoms with van der Waals surface area (Å²) in [6, 6.07) is 8.87. The van der Waals surface area contributed by atoms with Crippen LogP contribution in [0.1, 0.15) is 24.2 Å². The highest BCUT2D eigenvalue weighted by atomic mass is 17.0. The summed E-state index contributed by atoms with van der Waals surface area (Å²) in [6.07, 6.45) is 0. The average Bonchev–Trinajstić information content (AvgIpc) is 2.29. The molecule has 0 saturated carbocycles. The molecule has 1 aromatic rings. The predicted molar refractivity (Wildman–Crippen MR) is 55.9 cm³/mol. The zero-order chi connectivity index (χ0) is 11.1. The number of hydrogen-bond acceptors (Lipinski definition) is 3. The number of amides is 1. The molecule has 0 spiro atoms. The van der Waals surface area contributed by atoms with Crippen LogP contribution < -0.4 is 0 Å². The van der Waals surface area contributed by atoms with Crippen LogP contribution in [0.4, 0.5) is 0 Å². The molecular formula is C11H15NO3. The van der Waals surface area contributed by atoms with E-state index in [-0.39, 0.29) is 5.91 Å². The van der Waals surface area contributed by atoms with E-state index in [9.17, 15) is 4.79 Å². The van der Waals surface area contributed by atoms with Crippen LogP contribution in [0.2, 0.25) is 0 Å². The predicted octanol–water partition coefficient (Wildman–Crippen LogP) is 2.03. The maximum absolute atomic E-state index is 11.8. The Kier molecular flexibility index (Phi) is 4.80. The Bertz CT molecular complexity index is 294. The molecule has 0 aliphatic carbocycles. The fourth-order valence-electron chi connectivity index (χ4n) is 1.08. The van der Waals surface area contributed by atoms with Gasteiger partial charge in [0.15, 0.2) is 0 Å². The third kappa shape index (κ3) is 3.34. The monoisotopic (exact) mass is 209 g/mol. The molecule has 1 rings (SSSR count). The molecule has 4 nitrogen and oxygen atoms in total. The Morgan fingerprint density at radius 3 is 2.13 bits per heavy atom. The van der Waals surface area contributed by atoms with Crippen molar-refractivity contribution >= 4 is 5.91 Å². The van der Waals surface area contributed by atoms with E-state index in [1.54, 1.807) is 38.1 Å². The van der Waals surface area contributed by atoms with Gasteiger partial charge in [-0.15, -0.1) is 0 Å². The SMILES string of the molecule is CCON(OCC)C(=O)c1ccccc1. The van der Waals surface area contributed by atoms with Crippen molar-refractivity contribution in [1.29, 1.82) is 0 Å². The van der Waals surface area contributed by atoms with Gasteiger partial charge in [-0.2, -0.15) is 0 Å². The van der Waals surface area contributed by atoms with E-state index >= 15 is 0 Å². The normalized spacial score (nSPS) is 10.0. The van der Waals surface area contributed by atoms with Gasteiger partial charge in [0.05, 0.1) is 13.2 Å². The highest BCUT2D eigenvalue weighted by Gasteiger charge is 2.16. The van der Waals surface area contributed by atoms with Gasteiger partial charge < -0.3 is 0 Å². The van der Waals surface area contributed by atoms with Crippen molar-refractivity contribution in [3.8, 4) is 0 Å². The summed E-state index contributed by atoms with van der Waals surface area (Å²) in [4.78, 5) is 21.9. The second-order valence-electron chi connectivity index (χ2n) is 2.76. The van der Waals surface area contributed by atoms with Crippen LogP contribution in [-0.2, 0) is 9.68 Å². The van der Waals surface area contributed by atoms with Crippen LogP contribution in [0.25, 0.3) is 0 Å². The molecule has 0 aromatic heterocycles. The topological polar surface area (TPSA) is 38.8 Å². The summed E-state index contributed by atoms with van der Waals surface area (Å²) in [7, 11) is 0. The van der Waals surface area contributed by atoms with Gasteiger partial charge in [0.1, 0.15) is 0 Å². The van der Waals surface area contributed by atoms with Crippen LogP contribution in [0, 0.1) is 0 Å². The molecule has 0 radical (unpaired) electrons. The van der Waals surface area contributed by atoms with Gasteiger partial charge in [-0.05, 0) is 26.0 Å². The molecule has 0 N–H and O–H groups in total. The van der Waals surface area contributed by atoms with Gasteiger partial charge in [-0.1, -0.05) is 23.4 Å². The van der Waals surface area contributed by atoms with E-state index in [4.69, 9.17) is 9.68 Å². The van der Waals surface area contributed by atoms with E-state index in [0.717, 1.165) is 5.23 Å². The van der Waals surface area contributed by atoms with Crippen LogP contribution in [-0.4, -0.2) is 24.3 Å². The number of rotatable bonds is 5. The summed E-state index contributed by atoms with van der Waals surface area (Å²) < 4.78 is 0. The minimum atomic E-state index is -0.292. The first-order valence-electron chi connectivity index (χ1n) is 4.95. The van der Waals surface area contributed by atoms with Crippen LogP contribution in [0.15, 0.2) is 30.3 Å². The van der Waals surface area contributed by atoms with Gasteiger partial charge in [0.2, 0.25) is 0 Å². The van der Waals surface area contributed by atoms with E-state index in [0.29, 0.717) is 18.8 Å². The molecule has 0 atom stereocenters. The Morgan fingerprint density at radius 1 is 1.13 bits per heavy atom. The lowest BCUT2D eigenvalue weighted by Crippen LogP contribution is -2.31. The fraction of sp³-hybridized carbons (Fsp3) is 0.364. The Hall–Kier alpha value is -1.39. The molecule has 0 saturated heterocycles. The Morgan fingerprint density at radius 2 is 1.67 bits per heavy atom. The lowest BCUT2D eigenvalue weighted by molar-refractivity contribution is -0.323. The van der Waals surface area contributed by atoms with E-state index < -0.39 is 0 Å². The average molecular weight is 209 g/mol. The lowest BCUT2D eigenvalue weighted by Gasteiger charge is -2.18. The first-order chi connectivity index (χ1) is 7.29. The van der Waals surface area contributed by atoms with Crippen LogP contribution >= 0.6 is 0 Å². The second kappa shape index (κ2) is 6.16. The van der Waals surface area contributed by atoms with Crippen LogP contribution in [0.5, 0.6) is 0 Å². The summed E-state index contributed by atoms with van der Waals surface area (Å²) in [5.74, 6) is -0.292. The van der Waals surface area contributed by atoms with Crippen molar-refractivity contribution in [3.63, 3.8) is 0 Å². The van der Waals surface area contributed by atoms with Gasteiger partial charge in [0.25, 0.3) is 0 Å². The number of hydroxylamine groups is 2. The summed E-state index contributed by atoms with van der Waals surface area (Å²) >= 11 is 0. The molecule has 1 aromatic carbocycles. The van der Waals surface area contributed by atoms with E-state index in [1.165, 1.54) is 0 Å². The molecule has 4 heteroatoms. The number of carbonyl (C=O) groups is 1. The highest BCUT2D eigenvalue weighted by molar-refractivity contribution is 5.92. The Labute approximate surface area is 89.3 Å². The molecular weight excluding hydrogens is 194 g/mol. The molecule has 0 fully saturated rings. The Balaban J connectivity index is 2.71. The zero-order valence-electron chi connectivity index (χ0n) is 8.97. The molecule has 15 heavy (non-hydrogen) atoms. The molecule has 0 unspecified atom stereocenters. The van der Waals surface area contributed by atoms with Crippen LogP contribution in [0.3, 0.4) is 0 Å². The maximum atomic E-state index is 11.8. The van der Waals surface area contributed by atoms with Crippen molar-refractivity contribution in [2.24, 2.45) is 0 Å². The summed E-state index contributed by atoms with van der Waals surface area (Å²) in [5.41, 5.74) is 0.541. The number of hydrogen-bond donors (Lipinski definition) is 0. The number of carbonyl (C=O) groups excluding carboxylic acids is 1. The van der Waals surface area contributed by atoms with Gasteiger partial charge >= 0.3 is 5.91 Å². The van der Waals surface area contributed by atoms with Crippen molar-refractivity contribution in [2.45, 2.75) is 13.8 Å². The standard InChI is InChI=1S/C11H15NO3/c1-3-14-12(15-4-2)11(13)10-8-6-5-7-9-10/h5-9H,3-4H2,1-2H3. The molecule has 82 valence electrons. The minimum absolute atomic E-state index is 0.292. The molecule has 0 bridgehead atoms. The molecule has 1 amide bonds. The minimum Gasteiger partial charge on any atom is -0.264 e. The fourth-order valence-corrected chi connectivity index (χ4v) is 1.08. The highest BCUT2D eigenvalue weighted by Crippen LogP contribution is 2.05. The quantitative estimate of drug-likeness (QED) is 0.696. The number of nitrogens with zero attached hydrogens (tertiary/aromatic N) is 1. The molecule has 0 aliphatic rings. The number of benzene rings is 1. The van der Waals surface area contributed by atoms with Crippen molar-refractivity contribution < 1.29 is 14.5 Å². The van der Waals surface area contributed by atoms with Gasteiger partial charge in [-0.25, -0.2) is 9.68 Å². The largest absolute Gasteiger partial charge is 0.303 e. The smallest absolute Gasteiger partial charge is 0.264 e. The van der Waals surface area contributed by atoms with Crippen molar-refractivity contribution in [3.05, 3.63) is 35.9 Å². The lowest BCUT2D eigenvalue weighted by atomic mass is 10.2. The van der Waals surface area contributed by atoms with Gasteiger partial charge in [-0.3, -0.25) is 4.79 Å². The zero-order valence-corrected chi connectivity index (χ0v) is 8.97.